The molecule has 0 radical (unpaired) electrons. The van der Waals surface area contributed by atoms with Crippen molar-refractivity contribution in [3.63, 3.8) is 0 Å². The van der Waals surface area contributed by atoms with Gasteiger partial charge in [-0.25, -0.2) is 0 Å². The summed E-state index contributed by atoms with van der Waals surface area (Å²) in [4.78, 5) is 28.4. The zero-order valence-electron chi connectivity index (χ0n) is 15.3. The van der Waals surface area contributed by atoms with Gasteiger partial charge in [0.25, 0.3) is 0 Å². The number of rotatable bonds is 10. The third kappa shape index (κ3) is 7.34. The molecule has 0 aromatic carbocycles. The summed E-state index contributed by atoms with van der Waals surface area (Å²) in [7, 11) is 1.98. The predicted molar refractivity (Wildman–Crippen MR) is 94.2 cm³/mol. The van der Waals surface area contributed by atoms with Gasteiger partial charge in [-0.05, 0) is 51.6 Å². The molecule has 1 aliphatic rings. The second kappa shape index (κ2) is 11.4. The molecular formula is C18H35N3O2. The molecule has 0 bridgehead atoms. The average molecular weight is 325 g/mol. The van der Waals surface area contributed by atoms with Crippen LogP contribution >= 0.6 is 0 Å². The predicted octanol–water partition coefficient (Wildman–Crippen LogP) is 2.26. The van der Waals surface area contributed by atoms with Gasteiger partial charge in [-0.1, -0.05) is 13.8 Å². The Morgan fingerprint density at radius 3 is 2.22 bits per heavy atom. The summed E-state index contributed by atoms with van der Waals surface area (Å²) in [5.74, 6) is 1.02. The van der Waals surface area contributed by atoms with Crippen LogP contribution in [0.2, 0.25) is 0 Å². The van der Waals surface area contributed by atoms with Crippen molar-refractivity contribution in [1.82, 2.24) is 15.1 Å². The maximum absolute atomic E-state index is 12.3. The summed E-state index contributed by atoms with van der Waals surface area (Å²) < 4.78 is 0. The summed E-state index contributed by atoms with van der Waals surface area (Å²) in [6.07, 6.45) is 6.06. The number of carbonyl (C=O) groups excluding carboxylic acids is 2. The van der Waals surface area contributed by atoms with Crippen molar-refractivity contribution >= 4 is 11.8 Å². The highest BCUT2D eigenvalue weighted by molar-refractivity contribution is 5.83. The Morgan fingerprint density at radius 1 is 1.09 bits per heavy atom. The van der Waals surface area contributed by atoms with E-state index in [1.165, 1.54) is 6.42 Å². The van der Waals surface area contributed by atoms with Gasteiger partial charge in [0, 0.05) is 39.0 Å². The second-order valence-electron chi connectivity index (χ2n) is 6.60. The molecule has 0 aromatic rings. The first-order valence-corrected chi connectivity index (χ1v) is 9.32. The molecule has 1 saturated heterocycles. The van der Waals surface area contributed by atoms with Crippen LogP contribution in [-0.4, -0.2) is 61.4 Å². The Morgan fingerprint density at radius 2 is 1.70 bits per heavy atom. The highest BCUT2D eigenvalue weighted by atomic mass is 16.2. The van der Waals surface area contributed by atoms with Gasteiger partial charge in [0.05, 0.1) is 0 Å². The van der Waals surface area contributed by atoms with Crippen molar-refractivity contribution < 1.29 is 9.59 Å². The van der Waals surface area contributed by atoms with Crippen LogP contribution in [0.25, 0.3) is 0 Å². The molecule has 5 heteroatoms. The van der Waals surface area contributed by atoms with E-state index in [0.29, 0.717) is 12.8 Å². The quantitative estimate of drug-likeness (QED) is 0.670. The normalized spacial score (nSPS) is 15.7. The van der Waals surface area contributed by atoms with Crippen LogP contribution in [0.15, 0.2) is 0 Å². The van der Waals surface area contributed by atoms with Crippen LogP contribution < -0.4 is 5.32 Å². The SMILES string of the molecule is CCCN(CCC)C(=O)CCC(=O)N1CCC(CCNC)CC1. The van der Waals surface area contributed by atoms with Gasteiger partial charge in [0.2, 0.25) is 11.8 Å². The Balaban J connectivity index is 2.29. The molecule has 0 aliphatic carbocycles. The van der Waals surface area contributed by atoms with Crippen LogP contribution in [0.4, 0.5) is 0 Å². The van der Waals surface area contributed by atoms with Gasteiger partial charge in [-0.15, -0.1) is 0 Å². The van der Waals surface area contributed by atoms with Gasteiger partial charge in [-0.3, -0.25) is 9.59 Å². The number of hydrogen-bond donors (Lipinski definition) is 1. The fourth-order valence-electron chi connectivity index (χ4n) is 3.25. The maximum atomic E-state index is 12.3. The monoisotopic (exact) mass is 325 g/mol. The molecule has 1 aliphatic heterocycles. The Hall–Kier alpha value is -1.10. The van der Waals surface area contributed by atoms with E-state index in [1.54, 1.807) is 0 Å². The van der Waals surface area contributed by atoms with Crippen LogP contribution in [0, 0.1) is 5.92 Å². The van der Waals surface area contributed by atoms with Gasteiger partial charge >= 0.3 is 0 Å². The lowest BCUT2D eigenvalue weighted by Crippen LogP contribution is -2.40. The van der Waals surface area contributed by atoms with Crippen LogP contribution in [0.3, 0.4) is 0 Å². The van der Waals surface area contributed by atoms with Crippen molar-refractivity contribution in [3.8, 4) is 0 Å². The highest BCUT2D eigenvalue weighted by Crippen LogP contribution is 2.20. The first-order chi connectivity index (χ1) is 11.1. The molecule has 5 nitrogen and oxygen atoms in total. The van der Waals surface area contributed by atoms with E-state index in [-0.39, 0.29) is 11.8 Å². The number of likely N-dealkylation sites (tertiary alicyclic amines) is 1. The van der Waals surface area contributed by atoms with Crippen molar-refractivity contribution in [3.05, 3.63) is 0 Å². The second-order valence-corrected chi connectivity index (χ2v) is 6.60. The summed E-state index contributed by atoms with van der Waals surface area (Å²) in [5, 5.41) is 3.19. The number of nitrogens with one attached hydrogen (secondary N) is 1. The van der Waals surface area contributed by atoms with Crippen molar-refractivity contribution in [2.24, 2.45) is 5.92 Å². The van der Waals surface area contributed by atoms with Crippen molar-refractivity contribution in [1.29, 1.82) is 0 Å². The smallest absolute Gasteiger partial charge is 0.223 e. The van der Waals surface area contributed by atoms with Crippen LogP contribution in [0.1, 0.15) is 58.8 Å². The largest absolute Gasteiger partial charge is 0.343 e. The number of carbonyl (C=O) groups is 2. The van der Waals surface area contributed by atoms with E-state index in [2.05, 4.69) is 19.2 Å². The van der Waals surface area contributed by atoms with Gasteiger partial charge in [0.1, 0.15) is 0 Å². The molecule has 2 amide bonds. The fraction of sp³-hybridized carbons (Fsp3) is 0.889. The molecular weight excluding hydrogens is 290 g/mol. The molecule has 0 spiro atoms. The minimum absolute atomic E-state index is 0.131. The van der Waals surface area contributed by atoms with Crippen molar-refractivity contribution in [2.75, 3.05) is 39.8 Å². The van der Waals surface area contributed by atoms with E-state index in [0.717, 1.165) is 64.3 Å². The zero-order valence-corrected chi connectivity index (χ0v) is 15.3. The summed E-state index contributed by atoms with van der Waals surface area (Å²) in [6, 6.07) is 0. The standard InChI is InChI=1S/C18H35N3O2/c1-4-12-20(13-5-2)17(22)6-7-18(23)21-14-9-16(10-15-21)8-11-19-3/h16,19H,4-15H2,1-3H3. The lowest BCUT2D eigenvalue weighted by molar-refractivity contribution is -0.137. The lowest BCUT2D eigenvalue weighted by Gasteiger charge is -2.32. The van der Waals surface area contributed by atoms with Gasteiger partial charge in [-0.2, -0.15) is 0 Å². The van der Waals surface area contributed by atoms with Crippen molar-refractivity contribution in [2.45, 2.75) is 58.8 Å². The van der Waals surface area contributed by atoms with Gasteiger partial charge < -0.3 is 15.1 Å². The molecule has 1 heterocycles. The molecule has 134 valence electrons. The van der Waals surface area contributed by atoms with E-state index in [1.807, 2.05) is 16.8 Å². The average Bonchev–Trinajstić information content (AvgIpc) is 2.57. The van der Waals surface area contributed by atoms with Crippen LogP contribution in [-0.2, 0) is 9.59 Å². The fourth-order valence-corrected chi connectivity index (χ4v) is 3.25. The van der Waals surface area contributed by atoms with E-state index >= 15 is 0 Å². The minimum Gasteiger partial charge on any atom is -0.343 e. The Labute approximate surface area is 141 Å². The third-order valence-corrected chi connectivity index (χ3v) is 4.66. The van der Waals surface area contributed by atoms with E-state index in [4.69, 9.17) is 0 Å². The Bertz CT molecular complexity index is 346. The van der Waals surface area contributed by atoms with E-state index in [9.17, 15) is 9.59 Å². The molecule has 0 saturated carbocycles. The third-order valence-electron chi connectivity index (χ3n) is 4.66. The van der Waals surface area contributed by atoms with Gasteiger partial charge in [0.15, 0.2) is 0 Å². The molecule has 0 aromatic heterocycles. The summed E-state index contributed by atoms with van der Waals surface area (Å²) in [6.45, 7) is 8.54. The number of amides is 2. The zero-order chi connectivity index (χ0) is 17.1. The maximum Gasteiger partial charge on any atom is 0.223 e. The molecule has 0 atom stereocenters. The molecule has 1 N–H and O–H groups in total. The summed E-state index contributed by atoms with van der Waals surface area (Å²) in [5.41, 5.74) is 0. The molecule has 1 rings (SSSR count). The molecule has 23 heavy (non-hydrogen) atoms. The lowest BCUT2D eigenvalue weighted by atomic mass is 9.93. The Kier molecular flexibility index (Phi) is 9.92. The summed E-state index contributed by atoms with van der Waals surface area (Å²) >= 11 is 0. The highest BCUT2D eigenvalue weighted by Gasteiger charge is 2.23. The first-order valence-electron chi connectivity index (χ1n) is 9.32. The van der Waals surface area contributed by atoms with E-state index < -0.39 is 0 Å². The topological polar surface area (TPSA) is 52.7 Å². The number of piperidine rings is 1. The minimum atomic E-state index is 0.131. The molecule has 0 unspecified atom stereocenters. The van der Waals surface area contributed by atoms with Crippen LogP contribution in [0.5, 0.6) is 0 Å². The number of hydrogen-bond acceptors (Lipinski definition) is 3. The first kappa shape index (κ1) is 19.9. The number of nitrogens with zero attached hydrogens (tertiary/aromatic N) is 2. The molecule has 1 fully saturated rings.